The summed E-state index contributed by atoms with van der Waals surface area (Å²) in [4.78, 5) is 11.7. The van der Waals surface area contributed by atoms with Gasteiger partial charge in [0, 0.05) is 11.6 Å². The molecule has 0 heterocycles. The molecule has 1 atom stereocenters. The molecule has 0 aromatic heterocycles. The van der Waals surface area contributed by atoms with Gasteiger partial charge in [0.05, 0.1) is 12.5 Å². The number of nitrogens with zero attached hydrogens (tertiary/aromatic N) is 1. The molecule has 2 N–H and O–H groups in total. The average molecular weight is 218 g/mol. The molecule has 4 heteroatoms. The SMILES string of the molecule is Cc1ccc(C(=O)NC(C)CC#N)cc1O. The van der Waals surface area contributed by atoms with Crippen LogP contribution in [-0.4, -0.2) is 17.1 Å². The normalized spacial score (nSPS) is 11.6. The van der Waals surface area contributed by atoms with Crippen molar-refractivity contribution in [3.05, 3.63) is 29.3 Å². The number of rotatable bonds is 3. The molecule has 0 saturated carbocycles. The van der Waals surface area contributed by atoms with Crippen molar-refractivity contribution >= 4 is 5.91 Å². The number of aryl methyl sites for hydroxylation is 1. The Hall–Kier alpha value is -2.02. The standard InChI is InChI=1S/C12H14N2O2/c1-8-3-4-10(7-11(8)15)12(16)14-9(2)5-6-13/h3-4,7,9,15H,5H2,1-2H3,(H,14,16). The third kappa shape index (κ3) is 2.99. The average Bonchev–Trinajstić information content (AvgIpc) is 2.22. The fraction of sp³-hybridized carbons (Fsp3) is 0.333. The van der Waals surface area contributed by atoms with Crippen molar-refractivity contribution in [3.63, 3.8) is 0 Å². The van der Waals surface area contributed by atoms with Gasteiger partial charge in [-0.2, -0.15) is 5.26 Å². The van der Waals surface area contributed by atoms with Crippen LogP contribution in [0.4, 0.5) is 0 Å². The summed E-state index contributed by atoms with van der Waals surface area (Å²) in [6, 6.07) is 6.53. The Bertz CT molecular complexity index is 435. The number of amides is 1. The van der Waals surface area contributed by atoms with Crippen molar-refractivity contribution in [1.29, 1.82) is 5.26 Å². The minimum atomic E-state index is -0.280. The second kappa shape index (κ2) is 5.17. The van der Waals surface area contributed by atoms with Crippen LogP contribution in [0.25, 0.3) is 0 Å². The molecule has 0 saturated heterocycles. The summed E-state index contributed by atoms with van der Waals surface area (Å²) in [6.07, 6.45) is 0.267. The van der Waals surface area contributed by atoms with Crippen molar-refractivity contribution in [2.45, 2.75) is 26.3 Å². The fourth-order valence-corrected chi connectivity index (χ4v) is 1.25. The Kier molecular flexibility index (Phi) is 3.90. The molecule has 1 rings (SSSR count). The van der Waals surface area contributed by atoms with Gasteiger partial charge in [0.2, 0.25) is 0 Å². The van der Waals surface area contributed by atoms with E-state index in [1.165, 1.54) is 6.07 Å². The lowest BCUT2D eigenvalue weighted by Crippen LogP contribution is -2.32. The highest BCUT2D eigenvalue weighted by molar-refractivity contribution is 5.94. The van der Waals surface area contributed by atoms with E-state index in [1.807, 2.05) is 6.07 Å². The van der Waals surface area contributed by atoms with Crippen LogP contribution in [0, 0.1) is 18.3 Å². The van der Waals surface area contributed by atoms with E-state index in [1.54, 1.807) is 26.0 Å². The van der Waals surface area contributed by atoms with Crippen molar-refractivity contribution in [2.75, 3.05) is 0 Å². The molecule has 1 amide bonds. The molecule has 1 unspecified atom stereocenters. The number of benzene rings is 1. The van der Waals surface area contributed by atoms with E-state index < -0.39 is 0 Å². The molecule has 0 aliphatic rings. The summed E-state index contributed by atoms with van der Waals surface area (Å²) in [6.45, 7) is 3.52. The molecule has 16 heavy (non-hydrogen) atoms. The Morgan fingerprint density at radius 2 is 2.31 bits per heavy atom. The van der Waals surface area contributed by atoms with Crippen LogP contribution in [-0.2, 0) is 0 Å². The number of carbonyl (C=O) groups excluding carboxylic acids is 1. The summed E-state index contributed by atoms with van der Waals surface area (Å²) in [5.74, 6) is -0.182. The Morgan fingerprint density at radius 3 is 2.88 bits per heavy atom. The number of nitriles is 1. The first-order valence-electron chi connectivity index (χ1n) is 5.02. The van der Waals surface area contributed by atoms with Gasteiger partial charge >= 0.3 is 0 Å². The number of phenolic OH excluding ortho intramolecular Hbond substituents is 1. The van der Waals surface area contributed by atoms with Gasteiger partial charge in [0.25, 0.3) is 5.91 Å². The third-order valence-electron chi connectivity index (χ3n) is 2.25. The van der Waals surface area contributed by atoms with E-state index in [2.05, 4.69) is 5.32 Å². The van der Waals surface area contributed by atoms with E-state index >= 15 is 0 Å². The zero-order valence-electron chi connectivity index (χ0n) is 9.32. The van der Waals surface area contributed by atoms with E-state index in [0.29, 0.717) is 5.56 Å². The summed E-state index contributed by atoms with van der Waals surface area (Å²) >= 11 is 0. The summed E-state index contributed by atoms with van der Waals surface area (Å²) in [7, 11) is 0. The van der Waals surface area contributed by atoms with Gasteiger partial charge in [-0.1, -0.05) is 6.07 Å². The first-order valence-corrected chi connectivity index (χ1v) is 5.02. The summed E-state index contributed by atoms with van der Waals surface area (Å²) < 4.78 is 0. The Morgan fingerprint density at radius 1 is 1.62 bits per heavy atom. The largest absolute Gasteiger partial charge is 0.508 e. The highest BCUT2D eigenvalue weighted by Crippen LogP contribution is 2.17. The van der Waals surface area contributed by atoms with Crippen LogP contribution in [0.15, 0.2) is 18.2 Å². The molecule has 0 aliphatic carbocycles. The van der Waals surface area contributed by atoms with E-state index in [0.717, 1.165) is 5.56 Å². The molecule has 1 aromatic rings. The lowest BCUT2D eigenvalue weighted by Gasteiger charge is -2.10. The molecule has 1 aromatic carbocycles. The van der Waals surface area contributed by atoms with Crippen molar-refractivity contribution in [1.82, 2.24) is 5.32 Å². The highest BCUT2D eigenvalue weighted by atomic mass is 16.3. The number of phenols is 1. The van der Waals surface area contributed by atoms with E-state index in [4.69, 9.17) is 5.26 Å². The van der Waals surface area contributed by atoms with Crippen LogP contribution in [0.1, 0.15) is 29.3 Å². The zero-order valence-corrected chi connectivity index (χ0v) is 9.32. The predicted octanol–water partition coefficient (Wildman–Crippen LogP) is 1.73. The number of nitrogens with one attached hydrogen (secondary N) is 1. The molecule has 0 fully saturated rings. The quantitative estimate of drug-likeness (QED) is 0.811. The Balaban J connectivity index is 2.74. The first kappa shape index (κ1) is 12.1. The second-order valence-corrected chi connectivity index (χ2v) is 3.74. The van der Waals surface area contributed by atoms with Gasteiger partial charge in [-0.3, -0.25) is 4.79 Å². The molecule has 4 nitrogen and oxygen atoms in total. The van der Waals surface area contributed by atoms with Crippen molar-refractivity contribution in [2.24, 2.45) is 0 Å². The van der Waals surface area contributed by atoms with Gasteiger partial charge < -0.3 is 10.4 Å². The summed E-state index contributed by atoms with van der Waals surface area (Å²) in [5.41, 5.74) is 1.12. The number of carbonyl (C=O) groups is 1. The van der Waals surface area contributed by atoms with Gasteiger partial charge in [0.15, 0.2) is 0 Å². The number of aromatic hydroxyl groups is 1. The first-order chi connectivity index (χ1) is 7.54. The fourth-order valence-electron chi connectivity index (χ4n) is 1.25. The zero-order chi connectivity index (χ0) is 12.1. The van der Waals surface area contributed by atoms with Crippen LogP contribution >= 0.6 is 0 Å². The third-order valence-corrected chi connectivity index (χ3v) is 2.25. The molecule has 84 valence electrons. The summed E-state index contributed by atoms with van der Waals surface area (Å²) in [5, 5.41) is 20.6. The van der Waals surface area contributed by atoms with Crippen LogP contribution in [0.3, 0.4) is 0 Å². The monoisotopic (exact) mass is 218 g/mol. The van der Waals surface area contributed by atoms with Crippen LogP contribution in [0.5, 0.6) is 5.75 Å². The maximum Gasteiger partial charge on any atom is 0.251 e. The van der Waals surface area contributed by atoms with Gasteiger partial charge in [0.1, 0.15) is 5.75 Å². The van der Waals surface area contributed by atoms with Crippen molar-refractivity contribution < 1.29 is 9.90 Å². The van der Waals surface area contributed by atoms with Crippen LogP contribution < -0.4 is 5.32 Å². The van der Waals surface area contributed by atoms with E-state index in [9.17, 15) is 9.90 Å². The van der Waals surface area contributed by atoms with Gasteiger partial charge in [-0.25, -0.2) is 0 Å². The van der Waals surface area contributed by atoms with Gasteiger partial charge in [-0.15, -0.1) is 0 Å². The maximum absolute atomic E-state index is 11.7. The Labute approximate surface area is 94.5 Å². The molecule has 0 aliphatic heterocycles. The highest BCUT2D eigenvalue weighted by Gasteiger charge is 2.10. The second-order valence-electron chi connectivity index (χ2n) is 3.74. The predicted molar refractivity (Wildman–Crippen MR) is 60.0 cm³/mol. The molecular formula is C12H14N2O2. The maximum atomic E-state index is 11.7. The number of hydrogen-bond acceptors (Lipinski definition) is 3. The lowest BCUT2D eigenvalue weighted by molar-refractivity contribution is 0.0940. The van der Waals surface area contributed by atoms with Crippen LogP contribution in [0.2, 0.25) is 0 Å². The van der Waals surface area contributed by atoms with Gasteiger partial charge in [-0.05, 0) is 31.5 Å². The molecule has 0 bridgehead atoms. The molecule has 0 spiro atoms. The van der Waals surface area contributed by atoms with Crippen molar-refractivity contribution in [3.8, 4) is 11.8 Å². The minimum absolute atomic E-state index is 0.0978. The smallest absolute Gasteiger partial charge is 0.251 e. The number of hydrogen-bond donors (Lipinski definition) is 2. The lowest BCUT2D eigenvalue weighted by atomic mass is 10.1. The molecular weight excluding hydrogens is 204 g/mol. The molecule has 0 radical (unpaired) electrons. The van der Waals surface area contributed by atoms with E-state index in [-0.39, 0.29) is 24.1 Å². The minimum Gasteiger partial charge on any atom is -0.508 e. The topological polar surface area (TPSA) is 73.1 Å².